The molecule has 0 unspecified atom stereocenters. The molecule has 0 aliphatic rings. The van der Waals surface area contributed by atoms with Gasteiger partial charge in [-0.15, -0.1) is 0 Å². The number of hydrogen-bond donors (Lipinski definition) is 2. The molecular weight excluding hydrogens is 225 g/mol. The van der Waals surface area contributed by atoms with Crippen molar-refractivity contribution >= 4 is 11.6 Å². The topological polar surface area (TPSA) is 62.5 Å². The van der Waals surface area contributed by atoms with E-state index >= 15 is 0 Å². The predicted octanol–water partition coefficient (Wildman–Crippen LogP) is 2.69. The summed E-state index contributed by atoms with van der Waals surface area (Å²) in [5.74, 6) is -1.02. The van der Waals surface area contributed by atoms with Crippen LogP contribution in [0.1, 0.15) is 16.1 Å². The maximum absolute atomic E-state index is 13.0. The number of aromatic hydroxyl groups is 1. The van der Waals surface area contributed by atoms with Crippen molar-refractivity contribution in [2.45, 2.75) is 6.92 Å². The third-order valence-corrected chi connectivity index (χ3v) is 2.20. The Hall–Kier alpha value is -2.30. The number of carbonyl (C=O) groups is 1. The molecule has 0 aliphatic carbocycles. The highest BCUT2D eigenvalue weighted by atomic mass is 19.1. The van der Waals surface area contributed by atoms with Crippen molar-refractivity contribution in [2.24, 2.45) is 0 Å². The standard InChI is InChI=1S/C12H10FNO3/c1-7-4-8(6-17-7)12(16)14-9-2-3-11(15)10(13)5-9/h2-6,15H,1H3,(H,14,16). The Morgan fingerprint density at radius 1 is 1.41 bits per heavy atom. The summed E-state index contributed by atoms with van der Waals surface area (Å²) in [5, 5.41) is 11.5. The van der Waals surface area contributed by atoms with Crippen LogP contribution in [0.3, 0.4) is 0 Å². The molecule has 0 radical (unpaired) electrons. The molecular formula is C12H10FNO3. The first kappa shape index (κ1) is 11.2. The Bertz CT molecular complexity index is 563. The highest BCUT2D eigenvalue weighted by Crippen LogP contribution is 2.20. The van der Waals surface area contributed by atoms with Gasteiger partial charge >= 0.3 is 0 Å². The van der Waals surface area contributed by atoms with E-state index in [1.165, 1.54) is 18.4 Å². The number of aryl methyl sites for hydroxylation is 1. The summed E-state index contributed by atoms with van der Waals surface area (Å²) in [7, 11) is 0. The van der Waals surface area contributed by atoms with Crippen LogP contribution in [0.2, 0.25) is 0 Å². The molecule has 2 rings (SSSR count). The number of furan rings is 1. The van der Waals surface area contributed by atoms with E-state index in [1.54, 1.807) is 13.0 Å². The van der Waals surface area contributed by atoms with E-state index in [0.29, 0.717) is 11.3 Å². The molecule has 0 spiro atoms. The van der Waals surface area contributed by atoms with Gasteiger partial charge in [-0.25, -0.2) is 4.39 Å². The van der Waals surface area contributed by atoms with E-state index in [1.807, 2.05) is 0 Å². The highest BCUT2D eigenvalue weighted by molar-refractivity contribution is 6.04. The quantitative estimate of drug-likeness (QED) is 0.786. The van der Waals surface area contributed by atoms with Crippen LogP contribution in [0.4, 0.5) is 10.1 Å². The fourth-order valence-corrected chi connectivity index (χ4v) is 1.35. The zero-order valence-corrected chi connectivity index (χ0v) is 9.03. The zero-order chi connectivity index (χ0) is 12.4. The van der Waals surface area contributed by atoms with Gasteiger partial charge in [0.2, 0.25) is 0 Å². The lowest BCUT2D eigenvalue weighted by Gasteiger charge is -2.03. The van der Waals surface area contributed by atoms with Gasteiger partial charge in [-0.3, -0.25) is 4.79 Å². The van der Waals surface area contributed by atoms with Crippen molar-refractivity contribution < 1.29 is 18.7 Å². The minimum Gasteiger partial charge on any atom is -0.505 e. The SMILES string of the molecule is Cc1cc(C(=O)Nc2ccc(O)c(F)c2)co1. The largest absolute Gasteiger partial charge is 0.505 e. The van der Waals surface area contributed by atoms with E-state index in [0.717, 1.165) is 6.07 Å². The Labute approximate surface area is 96.7 Å². The molecule has 0 aliphatic heterocycles. The van der Waals surface area contributed by atoms with Crippen LogP contribution >= 0.6 is 0 Å². The maximum Gasteiger partial charge on any atom is 0.258 e. The number of carbonyl (C=O) groups excluding carboxylic acids is 1. The lowest BCUT2D eigenvalue weighted by molar-refractivity contribution is 0.102. The van der Waals surface area contributed by atoms with Gasteiger partial charge in [0.15, 0.2) is 11.6 Å². The van der Waals surface area contributed by atoms with Gasteiger partial charge in [0, 0.05) is 11.8 Å². The lowest BCUT2D eigenvalue weighted by Crippen LogP contribution is -2.10. The van der Waals surface area contributed by atoms with E-state index < -0.39 is 17.5 Å². The summed E-state index contributed by atoms with van der Waals surface area (Å²) in [6.07, 6.45) is 1.32. The molecule has 4 nitrogen and oxygen atoms in total. The fourth-order valence-electron chi connectivity index (χ4n) is 1.35. The number of phenols is 1. The van der Waals surface area contributed by atoms with Crippen molar-refractivity contribution in [3.05, 3.63) is 47.7 Å². The summed E-state index contributed by atoms with van der Waals surface area (Å²) in [6.45, 7) is 1.72. The normalized spacial score (nSPS) is 10.2. The minimum absolute atomic E-state index is 0.268. The molecule has 1 heterocycles. The fraction of sp³-hybridized carbons (Fsp3) is 0.0833. The third kappa shape index (κ3) is 2.44. The molecule has 17 heavy (non-hydrogen) atoms. The number of rotatable bonds is 2. The van der Waals surface area contributed by atoms with E-state index in [4.69, 9.17) is 9.52 Å². The second-order valence-electron chi connectivity index (χ2n) is 3.57. The van der Waals surface area contributed by atoms with E-state index in [2.05, 4.69) is 5.32 Å². The summed E-state index contributed by atoms with van der Waals surface area (Å²) >= 11 is 0. The molecule has 5 heteroatoms. The van der Waals surface area contributed by atoms with Crippen LogP contribution in [0.25, 0.3) is 0 Å². The van der Waals surface area contributed by atoms with Gasteiger partial charge in [0.1, 0.15) is 12.0 Å². The summed E-state index contributed by atoms with van der Waals surface area (Å²) < 4.78 is 18.0. The van der Waals surface area contributed by atoms with Gasteiger partial charge in [-0.05, 0) is 25.1 Å². The molecule has 1 aromatic heterocycles. The first-order chi connectivity index (χ1) is 8.06. The summed E-state index contributed by atoms with van der Waals surface area (Å²) in [4.78, 5) is 11.7. The second kappa shape index (κ2) is 4.29. The molecule has 0 saturated heterocycles. The molecule has 0 bridgehead atoms. The first-order valence-electron chi connectivity index (χ1n) is 4.91. The number of anilines is 1. The molecule has 1 amide bonds. The van der Waals surface area contributed by atoms with Crippen LogP contribution in [0.5, 0.6) is 5.75 Å². The van der Waals surface area contributed by atoms with Crippen LogP contribution in [0, 0.1) is 12.7 Å². The van der Waals surface area contributed by atoms with Gasteiger partial charge in [0.25, 0.3) is 5.91 Å². The summed E-state index contributed by atoms with van der Waals surface area (Å²) in [5.41, 5.74) is 0.625. The van der Waals surface area contributed by atoms with Crippen LogP contribution in [-0.4, -0.2) is 11.0 Å². The zero-order valence-electron chi connectivity index (χ0n) is 9.03. The average molecular weight is 235 g/mol. The number of nitrogens with one attached hydrogen (secondary N) is 1. The van der Waals surface area contributed by atoms with Crippen molar-refractivity contribution in [1.29, 1.82) is 0 Å². The van der Waals surface area contributed by atoms with Crippen molar-refractivity contribution in [3.63, 3.8) is 0 Å². The van der Waals surface area contributed by atoms with Crippen LogP contribution in [0.15, 0.2) is 34.9 Å². The first-order valence-corrected chi connectivity index (χ1v) is 4.91. The van der Waals surface area contributed by atoms with E-state index in [9.17, 15) is 9.18 Å². The van der Waals surface area contributed by atoms with Gasteiger partial charge in [-0.2, -0.15) is 0 Å². The molecule has 0 atom stereocenters. The average Bonchev–Trinajstić information content (AvgIpc) is 2.70. The second-order valence-corrected chi connectivity index (χ2v) is 3.57. The van der Waals surface area contributed by atoms with Crippen molar-refractivity contribution in [2.75, 3.05) is 5.32 Å². The molecule has 2 N–H and O–H groups in total. The predicted molar refractivity (Wildman–Crippen MR) is 59.5 cm³/mol. The van der Waals surface area contributed by atoms with Crippen LogP contribution in [-0.2, 0) is 0 Å². The highest BCUT2D eigenvalue weighted by Gasteiger charge is 2.10. The smallest absolute Gasteiger partial charge is 0.258 e. The van der Waals surface area contributed by atoms with E-state index in [-0.39, 0.29) is 5.69 Å². The molecule has 88 valence electrons. The molecule has 2 aromatic rings. The summed E-state index contributed by atoms with van der Waals surface area (Å²) in [6, 6.07) is 5.20. The minimum atomic E-state index is -0.786. The number of hydrogen-bond acceptors (Lipinski definition) is 3. The Balaban J connectivity index is 2.15. The number of halogens is 1. The molecule has 1 aromatic carbocycles. The maximum atomic E-state index is 13.0. The third-order valence-electron chi connectivity index (χ3n) is 2.20. The number of benzene rings is 1. The van der Waals surface area contributed by atoms with Gasteiger partial charge in [0.05, 0.1) is 5.56 Å². The van der Waals surface area contributed by atoms with Crippen molar-refractivity contribution in [1.82, 2.24) is 0 Å². The Kier molecular flexibility index (Phi) is 2.82. The van der Waals surface area contributed by atoms with Gasteiger partial charge < -0.3 is 14.8 Å². The lowest BCUT2D eigenvalue weighted by atomic mass is 10.2. The Morgan fingerprint density at radius 2 is 2.18 bits per heavy atom. The molecule has 0 fully saturated rings. The molecule has 0 saturated carbocycles. The number of amides is 1. The Morgan fingerprint density at radius 3 is 2.76 bits per heavy atom. The number of phenolic OH excluding ortho intramolecular Hbond substituents is 1. The monoisotopic (exact) mass is 235 g/mol. The van der Waals surface area contributed by atoms with Crippen LogP contribution < -0.4 is 5.32 Å². The van der Waals surface area contributed by atoms with Crippen molar-refractivity contribution in [3.8, 4) is 5.75 Å². The van der Waals surface area contributed by atoms with Gasteiger partial charge in [-0.1, -0.05) is 0 Å².